The molecule has 114 valence electrons. The molecule has 6 heteroatoms. The quantitative estimate of drug-likeness (QED) is 0.685. The van der Waals surface area contributed by atoms with E-state index in [0.717, 1.165) is 31.5 Å². The Morgan fingerprint density at radius 3 is 2.40 bits per heavy atom. The largest absolute Gasteiger partial charge is 0.317 e. The first-order valence-electron chi connectivity index (χ1n) is 6.97. The first-order chi connectivity index (χ1) is 9.45. The molecule has 1 rings (SSSR count). The molecule has 0 spiro atoms. The first-order valence-corrected chi connectivity index (χ1v) is 8.41. The van der Waals surface area contributed by atoms with Gasteiger partial charge in [0.2, 0.25) is 0 Å². The molecular weight excluding hydrogens is 274 g/mol. The predicted octanol–water partition coefficient (Wildman–Crippen LogP) is 1.97. The SMILES string of the molecule is CCCNCCCN(C)S(=O)(=O)Nc1ccc(C)cc1. The summed E-state index contributed by atoms with van der Waals surface area (Å²) in [6.45, 7) is 6.37. The van der Waals surface area contributed by atoms with Crippen LogP contribution in [0.4, 0.5) is 5.69 Å². The fraction of sp³-hybridized carbons (Fsp3) is 0.571. The molecule has 0 aliphatic heterocycles. The molecule has 0 fully saturated rings. The Labute approximate surface area is 122 Å². The molecule has 20 heavy (non-hydrogen) atoms. The Balaban J connectivity index is 2.44. The molecular formula is C14H25N3O2S. The van der Waals surface area contributed by atoms with Gasteiger partial charge in [0.25, 0.3) is 0 Å². The minimum Gasteiger partial charge on any atom is -0.317 e. The molecule has 0 radical (unpaired) electrons. The number of aryl methyl sites for hydroxylation is 1. The van der Waals surface area contributed by atoms with E-state index in [1.807, 2.05) is 19.1 Å². The number of hydrogen-bond acceptors (Lipinski definition) is 3. The van der Waals surface area contributed by atoms with Crippen molar-refractivity contribution in [2.75, 3.05) is 31.4 Å². The Kier molecular flexibility index (Phi) is 6.98. The van der Waals surface area contributed by atoms with Crippen LogP contribution in [-0.4, -0.2) is 39.4 Å². The molecule has 1 aromatic rings. The van der Waals surface area contributed by atoms with E-state index in [4.69, 9.17) is 0 Å². The third-order valence-electron chi connectivity index (χ3n) is 2.96. The van der Waals surface area contributed by atoms with E-state index in [1.54, 1.807) is 19.2 Å². The van der Waals surface area contributed by atoms with Gasteiger partial charge in [-0.2, -0.15) is 12.7 Å². The molecule has 0 unspecified atom stereocenters. The predicted molar refractivity (Wildman–Crippen MR) is 84.1 cm³/mol. The van der Waals surface area contributed by atoms with Crippen molar-refractivity contribution in [1.29, 1.82) is 0 Å². The van der Waals surface area contributed by atoms with Crippen LogP contribution in [0.5, 0.6) is 0 Å². The summed E-state index contributed by atoms with van der Waals surface area (Å²) in [5.41, 5.74) is 1.69. The van der Waals surface area contributed by atoms with Gasteiger partial charge in [-0.3, -0.25) is 4.72 Å². The maximum Gasteiger partial charge on any atom is 0.301 e. The average Bonchev–Trinajstić information content (AvgIpc) is 2.40. The van der Waals surface area contributed by atoms with Gasteiger partial charge in [-0.1, -0.05) is 24.6 Å². The zero-order chi connectivity index (χ0) is 15.0. The van der Waals surface area contributed by atoms with Crippen LogP contribution in [0, 0.1) is 6.92 Å². The van der Waals surface area contributed by atoms with Crippen LogP contribution >= 0.6 is 0 Å². The van der Waals surface area contributed by atoms with E-state index >= 15 is 0 Å². The molecule has 0 aliphatic carbocycles. The smallest absolute Gasteiger partial charge is 0.301 e. The van der Waals surface area contributed by atoms with Crippen molar-refractivity contribution in [3.05, 3.63) is 29.8 Å². The summed E-state index contributed by atoms with van der Waals surface area (Å²) in [6, 6.07) is 7.30. The lowest BCUT2D eigenvalue weighted by Crippen LogP contribution is -2.34. The van der Waals surface area contributed by atoms with Gasteiger partial charge >= 0.3 is 10.2 Å². The monoisotopic (exact) mass is 299 g/mol. The van der Waals surface area contributed by atoms with Crippen molar-refractivity contribution in [2.24, 2.45) is 0 Å². The summed E-state index contributed by atoms with van der Waals surface area (Å²) < 4.78 is 28.1. The average molecular weight is 299 g/mol. The van der Waals surface area contributed by atoms with Crippen molar-refractivity contribution in [3.8, 4) is 0 Å². The number of benzene rings is 1. The minimum absolute atomic E-state index is 0.498. The highest BCUT2D eigenvalue weighted by molar-refractivity contribution is 7.90. The maximum absolute atomic E-state index is 12.1. The summed E-state index contributed by atoms with van der Waals surface area (Å²) >= 11 is 0. The molecule has 1 aromatic carbocycles. The molecule has 0 aliphatic rings. The second kappa shape index (κ2) is 8.24. The third-order valence-corrected chi connectivity index (χ3v) is 4.46. The van der Waals surface area contributed by atoms with Crippen molar-refractivity contribution in [2.45, 2.75) is 26.7 Å². The van der Waals surface area contributed by atoms with Gasteiger partial charge in [0.1, 0.15) is 0 Å². The van der Waals surface area contributed by atoms with E-state index in [2.05, 4.69) is 17.0 Å². The van der Waals surface area contributed by atoms with Gasteiger partial charge < -0.3 is 5.32 Å². The zero-order valence-electron chi connectivity index (χ0n) is 12.5. The second-order valence-corrected chi connectivity index (χ2v) is 6.68. The van der Waals surface area contributed by atoms with E-state index in [-0.39, 0.29) is 0 Å². The second-order valence-electron chi connectivity index (χ2n) is 4.90. The van der Waals surface area contributed by atoms with Gasteiger partial charge in [0.05, 0.1) is 0 Å². The highest BCUT2D eigenvalue weighted by Crippen LogP contribution is 2.12. The number of nitrogens with one attached hydrogen (secondary N) is 2. The normalized spacial score (nSPS) is 11.8. The lowest BCUT2D eigenvalue weighted by Gasteiger charge is -2.18. The van der Waals surface area contributed by atoms with Crippen LogP contribution in [0.1, 0.15) is 25.3 Å². The molecule has 0 heterocycles. The van der Waals surface area contributed by atoms with Gasteiger partial charge in [0.15, 0.2) is 0 Å². The van der Waals surface area contributed by atoms with Gasteiger partial charge in [0, 0.05) is 19.3 Å². The van der Waals surface area contributed by atoms with Crippen LogP contribution in [-0.2, 0) is 10.2 Å². The Morgan fingerprint density at radius 2 is 1.80 bits per heavy atom. The van der Waals surface area contributed by atoms with Gasteiger partial charge in [-0.15, -0.1) is 0 Å². The summed E-state index contributed by atoms with van der Waals surface area (Å²) in [4.78, 5) is 0. The summed E-state index contributed by atoms with van der Waals surface area (Å²) in [5.74, 6) is 0. The lowest BCUT2D eigenvalue weighted by atomic mass is 10.2. The van der Waals surface area contributed by atoms with Crippen molar-refractivity contribution in [1.82, 2.24) is 9.62 Å². The third kappa shape index (κ3) is 5.90. The topological polar surface area (TPSA) is 61.4 Å². The van der Waals surface area contributed by atoms with E-state index in [9.17, 15) is 8.42 Å². The molecule has 5 nitrogen and oxygen atoms in total. The highest BCUT2D eigenvalue weighted by Gasteiger charge is 2.16. The van der Waals surface area contributed by atoms with Gasteiger partial charge in [-0.05, 0) is 45.0 Å². The Bertz CT molecular complexity index is 486. The van der Waals surface area contributed by atoms with Crippen LogP contribution in [0.3, 0.4) is 0 Å². The lowest BCUT2D eigenvalue weighted by molar-refractivity contribution is 0.458. The maximum atomic E-state index is 12.1. The summed E-state index contributed by atoms with van der Waals surface area (Å²) in [6.07, 6.45) is 1.88. The van der Waals surface area contributed by atoms with Crippen molar-refractivity contribution >= 4 is 15.9 Å². The molecule has 2 N–H and O–H groups in total. The van der Waals surface area contributed by atoms with Crippen LogP contribution in [0.15, 0.2) is 24.3 Å². The fourth-order valence-electron chi connectivity index (χ4n) is 1.70. The van der Waals surface area contributed by atoms with E-state index in [1.165, 1.54) is 4.31 Å². The van der Waals surface area contributed by atoms with Crippen LogP contribution in [0.2, 0.25) is 0 Å². The zero-order valence-corrected chi connectivity index (χ0v) is 13.3. The standard InChI is InChI=1S/C14H25N3O2S/c1-4-10-15-11-5-12-17(3)20(18,19)16-14-8-6-13(2)7-9-14/h6-9,15-16H,4-5,10-12H2,1-3H3. The first kappa shape index (κ1) is 16.9. The highest BCUT2D eigenvalue weighted by atomic mass is 32.2. The fourth-order valence-corrected chi connectivity index (χ4v) is 2.66. The van der Waals surface area contributed by atoms with Crippen molar-refractivity contribution < 1.29 is 8.42 Å². The van der Waals surface area contributed by atoms with E-state index < -0.39 is 10.2 Å². The number of anilines is 1. The van der Waals surface area contributed by atoms with Crippen LogP contribution < -0.4 is 10.0 Å². The molecule has 0 saturated heterocycles. The van der Waals surface area contributed by atoms with Crippen molar-refractivity contribution in [3.63, 3.8) is 0 Å². The molecule has 0 atom stereocenters. The minimum atomic E-state index is -3.46. The Morgan fingerprint density at radius 1 is 1.15 bits per heavy atom. The van der Waals surface area contributed by atoms with Gasteiger partial charge in [-0.25, -0.2) is 0 Å². The summed E-state index contributed by atoms with van der Waals surface area (Å²) in [7, 11) is -1.87. The molecule has 0 aromatic heterocycles. The molecule has 0 bridgehead atoms. The summed E-state index contributed by atoms with van der Waals surface area (Å²) in [5, 5.41) is 3.26. The Hall–Kier alpha value is -1.11. The van der Waals surface area contributed by atoms with E-state index in [0.29, 0.717) is 12.2 Å². The molecule has 0 saturated carbocycles. The number of hydrogen-bond donors (Lipinski definition) is 2. The van der Waals surface area contributed by atoms with Crippen LogP contribution in [0.25, 0.3) is 0 Å². The number of nitrogens with zero attached hydrogens (tertiary/aromatic N) is 1. The molecule has 0 amide bonds. The number of rotatable bonds is 9.